The molecule has 0 aromatic heterocycles. The molecule has 0 unspecified atom stereocenters. The summed E-state index contributed by atoms with van der Waals surface area (Å²) < 4.78 is 26.8. The molecular weight excluding hydrogens is 401 g/mol. The van der Waals surface area contributed by atoms with Crippen LogP contribution in [0.5, 0.6) is 0 Å². The Hall–Kier alpha value is -2.00. The van der Waals surface area contributed by atoms with Crippen molar-refractivity contribution in [3.05, 3.63) is 67.7 Å². The molecule has 0 bridgehead atoms. The van der Waals surface area contributed by atoms with Crippen molar-refractivity contribution in [2.24, 2.45) is 4.99 Å². The first kappa shape index (κ1) is 20.3. The smallest absolute Gasteiger partial charge is 0.273 e. The monoisotopic (exact) mass is 415 g/mol. The number of benzene rings is 2. The van der Waals surface area contributed by atoms with E-state index in [2.05, 4.69) is 9.71 Å². The quantitative estimate of drug-likeness (QED) is 0.322. The van der Waals surface area contributed by atoms with E-state index in [4.69, 9.17) is 23.2 Å². The number of aryl methyl sites for hydroxylation is 1. The molecule has 0 radical (unpaired) electrons. The highest BCUT2D eigenvalue weighted by Crippen LogP contribution is 2.22. The lowest BCUT2D eigenvalue weighted by Gasteiger charge is -2.06. The number of rotatable bonds is 7. The fourth-order valence-corrected chi connectivity index (χ4v) is 3.55. The second-order valence-electron chi connectivity index (χ2n) is 5.30. The summed E-state index contributed by atoms with van der Waals surface area (Å²) in [4.78, 5) is 14.3. The summed E-state index contributed by atoms with van der Waals surface area (Å²) in [5.41, 5.74) is 0.801. The van der Waals surface area contributed by atoms with Crippen molar-refractivity contribution in [3.8, 4) is 0 Å². The van der Waals surface area contributed by atoms with E-state index in [0.717, 1.165) is 6.07 Å². The molecule has 26 heavy (non-hydrogen) atoms. The van der Waals surface area contributed by atoms with E-state index in [-0.39, 0.29) is 23.7 Å². The number of nitro benzene ring substituents is 1. The molecule has 0 amide bonds. The van der Waals surface area contributed by atoms with E-state index in [0.29, 0.717) is 21.2 Å². The summed E-state index contributed by atoms with van der Waals surface area (Å²) in [5.74, 6) is 0. The fourth-order valence-electron chi connectivity index (χ4n) is 2.05. The lowest BCUT2D eigenvalue weighted by Crippen LogP contribution is -2.26. The second kappa shape index (κ2) is 8.59. The summed E-state index contributed by atoms with van der Waals surface area (Å²) >= 11 is 11.8. The zero-order chi connectivity index (χ0) is 19.3. The molecular formula is C16H15Cl2N3O4S. The molecule has 2 rings (SSSR count). The van der Waals surface area contributed by atoms with Crippen LogP contribution in [0.15, 0.2) is 46.3 Å². The number of aliphatic imine (C=N–C) groups is 1. The third-order valence-corrected chi connectivity index (χ3v) is 5.43. The van der Waals surface area contributed by atoms with Crippen LogP contribution in [0.4, 0.5) is 5.69 Å². The average Bonchev–Trinajstić information content (AvgIpc) is 2.56. The number of hydrogen-bond acceptors (Lipinski definition) is 5. The number of sulfonamides is 1. The SMILES string of the molecule is Cc1ccc(S(=O)(=O)NCCN=Cc2ccc(Cl)cc2Cl)cc1[N+](=O)[O-]. The van der Waals surface area contributed by atoms with E-state index in [1.54, 1.807) is 25.1 Å². The van der Waals surface area contributed by atoms with Crippen molar-refractivity contribution in [1.82, 2.24) is 4.72 Å². The number of hydrogen-bond donors (Lipinski definition) is 1. The van der Waals surface area contributed by atoms with E-state index in [1.165, 1.54) is 18.3 Å². The minimum atomic E-state index is -3.86. The molecule has 0 aliphatic rings. The van der Waals surface area contributed by atoms with Gasteiger partial charge in [-0.05, 0) is 25.1 Å². The van der Waals surface area contributed by atoms with E-state index < -0.39 is 14.9 Å². The van der Waals surface area contributed by atoms with Crippen LogP contribution < -0.4 is 4.72 Å². The van der Waals surface area contributed by atoms with Crippen molar-refractivity contribution >= 4 is 45.1 Å². The zero-order valence-electron chi connectivity index (χ0n) is 13.6. The molecule has 0 atom stereocenters. The van der Waals surface area contributed by atoms with Crippen LogP contribution in [-0.2, 0) is 10.0 Å². The number of nitro groups is 1. The van der Waals surface area contributed by atoms with Gasteiger partial charge in [-0.2, -0.15) is 0 Å². The molecule has 0 fully saturated rings. The van der Waals surface area contributed by atoms with Crippen molar-refractivity contribution in [2.75, 3.05) is 13.1 Å². The Balaban J connectivity index is 1.99. The molecule has 2 aromatic carbocycles. The molecule has 0 aliphatic carbocycles. The first-order chi connectivity index (χ1) is 12.2. The maximum atomic E-state index is 12.2. The van der Waals surface area contributed by atoms with Gasteiger partial charge in [0, 0.05) is 35.0 Å². The first-order valence-electron chi connectivity index (χ1n) is 7.40. The molecule has 1 N–H and O–H groups in total. The van der Waals surface area contributed by atoms with Gasteiger partial charge in [0.1, 0.15) is 0 Å². The summed E-state index contributed by atoms with van der Waals surface area (Å²) in [6.07, 6.45) is 1.52. The molecule has 0 saturated carbocycles. The van der Waals surface area contributed by atoms with Gasteiger partial charge >= 0.3 is 0 Å². The van der Waals surface area contributed by atoms with Crippen LogP contribution in [0.25, 0.3) is 0 Å². The maximum absolute atomic E-state index is 12.2. The maximum Gasteiger partial charge on any atom is 0.273 e. The van der Waals surface area contributed by atoms with Crippen molar-refractivity contribution in [3.63, 3.8) is 0 Å². The third-order valence-electron chi connectivity index (χ3n) is 3.41. The van der Waals surface area contributed by atoms with Gasteiger partial charge in [-0.3, -0.25) is 15.1 Å². The van der Waals surface area contributed by atoms with E-state index >= 15 is 0 Å². The largest absolute Gasteiger partial charge is 0.291 e. The first-order valence-corrected chi connectivity index (χ1v) is 9.64. The highest BCUT2D eigenvalue weighted by atomic mass is 35.5. The Morgan fingerprint density at radius 3 is 2.62 bits per heavy atom. The molecule has 138 valence electrons. The molecule has 2 aromatic rings. The Labute approximate surface area is 160 Å². The molecule has 0 saturated heterocycles. The van der Waals surface area contributed by atoms with Gasteiger partial charge in [-0.25, -0.2) is 13.1 Å². The summed E-state index contributed by atoms with van der Waals surface area (Å²) in [6.45, 7) is 1.75. The highest BCUT2D eigenvalue weighted by molar-refractivity contribution is 7.89. The summed E-state index contributed by atoms with van der Waals surface area (Å²) in [5, 5.41) is 11.9. The fraction of sp³-hybridized carbons (Fsp3) is 0.188. The Bertz CT molecular complexity index is 962. The minimum Gasteiger partial charge on any atom is -0.291 e. The van der Waals surface area contributed by atoms with Gasteiger partial charge in [-0.1, -0.05) is 35.3 Å². The highest BCUT2D eigenvalue weighted by Gasteiger charge is 2.19. The molecule has 0 heterocycles. The van der Waals surface area contributed by atoms with Gasteiger partial charge in [0.25, 0.3) is 5.69 Å². The lowest BCUT2D eigenvalue weighted by atomic mass is 10.2. The van der Waals surface area contributed by atoms with Crippen LogP contribution >= 0.6 is 23.2 Å². The number of nitrogens with one attached hydrogen (secondary N) is 1. The minimum absolute atomic E-state index is 0.0334. The van der Waals surface area contributed by atoms with Gasteiger partial charge in [0.05, 0.1) is 21.4 Å². The Morgan fingerprint density at radius 2 is 1.96 bits per heavy atom. The van der Waals surface area contributed by atoms with E-state index in [9.17, 15) is 18.5 Å². The number of halogens is 2. The standard InChI is InChI=1S/C16H15Cl2N3O4S/c1-11-2-5-14(9-16(11)21(22)23)26(24,25)20-7-6-19-10-12-3-4-13(17)8-15(12)18/h2-5,8-10,20H,6-7H2,1H3. The lowest BCUT2D eigenvalue weighted by molar-refractivity contribution is -0.385. The normalized spacial score (nSPS) is 11.8. The Morgan fingerprint density at radius 1 is 1.23 bits per heavy atom. The van der Waals surface area contributed by atoms with Crippen molar-refractivity contribution in [1.29, 1.82) is 0 Å². The van der Waals surface area contributed by atoms with E-state index in [1.807, 2.05) is 0 Å². The van der Waals surface area contributed by atoms with Crippen molar-refractivity contribution < 1.29 is 13.3 Å². The second-order valence-corrected chi connectivity index (χ2v) is 7.91. The Kier molecular flexibility index (Phi) is 6.71. The topological polar surface area (TPSA) is 102 Å². The average molecular weight is 416 g/mol. The zero-order valence-corrected chi connectivity index (χ0v) is 16.0. The van der Waals surface area contributed by atoms with Gasteiger partial charge < -0.3 is 0 Å². The van der Waals surface area contributed by atoms with Crippen LogP contribution in [-0.4, -0.2) is 32.6 Å². The molecule has 10 heteroatoms. The van der Waals surface area contributed by atoms with Crippen LogP contribution in [0, 0.1) is 17.0 Å². The van der Waals surface area contributed by atoms with Gasteiger partial charge in [0.15, 0.2) is 0 Å². The summed E-state index contributed by atoms with van der Waals surface area (Å²) in [6, 6.07) is 8.70. The predicted octanol–water partition coefficient (Wildman–Crippen LogP) is 3.61. The van der Waals surface area contributed by atoms with Gasteiger partial charge in [-0.15, -0.1) is 0 Å². The van der Waals surface area contributed by atoms with Crippen LogP contribution in [0.1, 0.15) is 11.1 Å². The molecule has 7 nitrogen and oxygen atoms in total. The van der Waals surface area contributed by atoms with Gasteiger partial charge in [0.2, 0.25) is 10.0 Å². The molecule has 0 spiro atoms. The van der Waals surface area contributed by atoms with Crippen LogP contribution in [0.3, 0.4) is 0 Å². The third kappa shape index (κ3) is 5.25. The summed E-state index contributed by atoms with van der Waals surface area (Å²) in [7, 11) is -3.86. The van der Waals surface area contributed by atoms with Crippen LogP contribution in [0.2, 0.25) is 10.0 Å². The number of nitrogens with zero attached hydrogens (tertiary/aromatic N) is 2. The molecule has 0 aliphatic heterocycles. The van der Waals surface area contributed by atoms with Crippen molar-refractivity contribution in [2.45, 2.75) is 11.8 Å². The predicted molar refractivity (Wildman–Crippen MR) is 102 cm³/mol.